The van der Waals surface area contributed by atoms with E-state index in [1.165, 1.54) is 0 Å². The van der Waals surface area contributed by atoms with Gasteiger partial charge in [0, 0.05) is 18.5 Å². The molecule has 0 heterocycles. The van der Waals surface area contributed by atoms with E-state index < -0.39 is 0 Å². The van der Waals surface area contributed by atoms with E-state index in [0.717, 1.165) is 19.5 Å². The summed E-state index contributed by atoms with van der Waals surface area (Å²) in [5, 5.41) is 0. The summed E-state index contributed by atoms with van der Waals surface area (Å²) in [5.74, 6) is 0.259. The Balaban J connectivity index is 4.33. The third-order valence-electron chi connectivity index (χ3n) is 2.44. The monoisotopic (exact) mass is 213 g/mol. The van der Waals surface area contributed by atoms with Gasteiger partial charge >= 0.3 is 0 Å². The van der Waals surface area contributed by atoms with Crippen molar-refractivity contribution < 1.29 is 4.79 Å². The van der Waals surface area contributed by atoms with Crippen LogP contribution in [-0.2, 0) is 4.79 Å². The van der Waals surface area contributed by atoms with Crippen molar-refractivity contribution in [2.75, 3.05) is 13.1 Å². The topological polar surface area (TPSA) is 20.3 Å². The Morgan fingerprint density at radius 1 is 1.07 bits per heavy atom. The third-order valence-corrected chi connectivity index (χ3v) is 2.44. The molecule has 2 nitrogen and oxygen atoms in total. The van der Waals surface area contributed by atoms with E-state index in [2.05, 4.69) is 20.8 Å². The summed E-state index contributed by atoms with van der Waals surface area (Å²) in [6, 6.07) is 0. The number of rotatable bonds is 3. The Kier molecular flexibility index (Phi) is 4.82. The van der Waals surface area contributed by atoms with E-state index in [-0.39, 0.29) is 11.3 Å². The first-order valence-electron chi connectivity index (χ1n) is 5.87. The second-order valence-corrected chi connectivity index (χ2v) is 6.45. The van der Waals surface area contributed by atoms with Crippen LogP contribution < -0.4 is 0 Å². The van der Waals surface area contributed by atoms with Crippen molar-refractivity contribution >= 4 is 5.91 Å². The molecular formula is C13H27NO. The SMILES string of the molecule is CCN(CCC(C)(C)C)C(=O)C(C)(C)C. The van der Waals surface area contributed by atoms with Gasteiger partial charge in [-0.2, -0.15) is 0 Å². The van der Waals surface area contributed by atoms with Crippen LogP contribution in [0.15, 0.2) is 0 Å². The maximum atomic E-state index is 12.0. The lowest BCUT2D eigenvalue weighted by Crippen LogP contribution is -2.40. The maximum absolute atomic E-state index is 12.0. The molecule has 0 aliphatic rings. The van der Waals surface area contributed by atoms with E-state index in [4.69, 9.17) is 0 Å². The van der Waals surface area contributed by atoms with Gasteiger partial charge in [-0.05, 0) is 18.8 Å². The van der Waals surface area contributed by atoms with Gasteiger partial charge in [-0.1, -0.05) is 41.5 Å². The molecule has 0 spiro atoms. The highest BCUT2D eigenvalue weighted by atomic mass is 16.2. The minimum Gasteiger partial charge on any atom is -0.343 e. The zero-order valence-corrected chi connectivity index (χ0v) is 11.5. The van der Waals surface area contributed by atoms with Gasteiger partial charge in [0.15, 0.2) is 0 Å². The van der Waals surface area contributed by atoms with Crippen LogP contribution >= 0.6 is 0 Å². The van der Waals surface area contributed by atoms with Gasteiger partial charge in [-0.15, -0.1) is 0 Å². The van der Waals surface area contributed by atoms with Crippen LogP contribution in [-0.4, -0.2) is 23.9 Å². The standard InChI is InChI=1S/C13H27NO/c1-8-14(10-9-12(2,3)4)11(15)13(5,6)7/h8-10H2,1-7H3. The highest BCUT2D eigenvalue weighted by Crippen LogP contribution is 2.22. The Labute approximate surface area is 95.0 Å². The van der Waals surface area contributed by atoms with E-state index in [1.807, 2.05) is 32.6 Å². The molecule has 0 saturated carbocycles. The first-order valence-corrected chi connectivity index (χ1v) is 5.87. The number of hydrogen-bond donors (Lipinski definition) is 0. The maximum Gasteiger partial charge on any atom is 0.227 e. The van der Waals surface area contributed by atoms with Crippen molar-refractivity contribution in [3.8, 4) is 0 Å². The average molecular weight is 213 g/mol. The van der Waals surface area contributed by atoms with Gasteiger partial charge < -0.3 is 4.90 Å². The van der Waals surface area contributed by atoms with E-state index in [9.17, 15) is 4.79 Å². The molecule has 1 amide bonds. The van der Waals surface area contributed by atoms with E-state index >= 15 is 0 Å². The van der Waals surface area contributed by atoms with Gasteiger partial charge in [0.1, 0.15) is 0 Å². The minimum absolute atomic E-state index is 0.256. The summed E-state index contributed by atoms with van der Waals surface area (Å²) in [4.78, 5) is 14.0. The summed E-state index contributed by atoms with van der Waals surface area (Å²) in [5.41, 5.74) is 0.0411. The fourth-order valence-corrected chi connectivity index (χ4v) is 1.35. The molecule has 0 fully saturated rings. The number of nitrogens with zero attached hydrogens (tertiary/aromatic N) is 1. The summed E-state index contributed by atoms with van der Waals surface area (Å²) >= 11 is 0. The van der Waals surface area contributed by atoms with Crippen molar-refractivity contribution in [2.45, 2.75) is 54.9 Å². The molecule has 15 heavy (non-hydrogen) atoms. The molecule has 0 atom stereocenters. The second-order valence-electron chi connectivity index (χ2n) is 6.45. The molecule has 0 aromatic rings. The van der Waals surface area contributed by atoms with Gasteiger partial charge in [0.25, 0.3) is 0 Å². The zero-order valence-electron chi connectivity index (χ0n) is 11.5. The molecule has 0 aromatic carbocycles. The van der Waals surface area contributed by atoms with Crippen molar-refractivity contribution in [3.63, 3.8) is 0 Å². The van der Waals surface area contributed by atoms with Crippen molar-refractivity contribution in [2.24, 2.45) is 10.8 Å². The average Bonchev–Trinajstić information content (AvgIpc) is 2.01. The molecule has 0 unspecified atom stereocenters. The lowest BCUT2D eigenvalue weighted by molar-refractivity contribution is -0.139. The van der Waals surface area contributed by atoms with Gasteiger partial charge in [-0.25, -0.2) is 0 Å². The van der Waals surface area contributed by atoms with Crippen molar-refractivity contribution in [1.29, 1.82) is 0 Å². The van der Waals surface area contributed by atoms with Gasteiger partial charge in [0.2, 0.25) is 5.91 Å². The number of hydrogen-bond acceptors (Lipinski definition) is 1. The first-order chi connectivity index (χ1) is 6.58. The lowest BCUT2D eigenvalue weighted by atomic mass is 9.90. The molecule has 0 radical (unpaired) electrons. The second kappa shape index (κ2) is 5.00. The highest BCUT2D eigenvalue weighted by molar-refractivity contribution is 5.81. The zero-order chi connectivity index (χ0) is 12.3. The van der Waals surface area contributed by atoms with Crippen molar-refractivity contribution in [3.05, 3.63) is 0 Å². The lowest BCUT2D eigenvalue weighted by Gasteiger charge is -2.31. The van der Waals surface area contributed by atoms with Crippen LogP contribution in [0.4, 0.5) is 0 Å². The molecule has 90 valence electrons. The summed E-state index contributed by atoms with van der Waals surface area (Å²) in [7, 11) is 0. The van der Waals surface area contributed by atoms with E-state index in [1.54, 1.807) is 0 Å². The molecule has 2 heteroatoms. The predicted octanol–water partition coefficient (Wildman–Crippen LogP) is 3.32. The molecule has 0 rings (SSSR count). The third kappa shape index (κ3) is 5.81. The molecule has 0 aliphatic heterocycles. The summed E-state index contributed by atoms with van der Waals surface area (Å²) in [6.07, 6.45) is 1.06. The quantitative estimate of drug-likeness (QED) is 0.704. The molecule has 0 bridgehead atoms. The Bertz CT molecular complexity index is 208. The summed E-state index contributed by atoms with van der Waals surface area (Å²) < 4.78 is 0. The predicted molar refractivity (Wildman–Crippen MR) is 65.8 cm³/mol. The fourth-order valence-electron chi connectivity index (χ4n) is 1.35. The number of carbonyl (C=O) groups is 1. The molecule has 0 aromatic heterocycles. The minimum atomic E-state index is -0.256. The van der Waals surface area contributed by atoms with Gasteiger partial charge in [-0.3, -0.25) is 4.79 Å². The fraction of sp³-hybridized carbons (Fsp3) is 0.923. The van der Waals surface area contributed by atoms with Crippen LogP contribution in [0.25, 0.3) is 0 Å². The van der Waals surface area contributed by atoms with Gasteiger partial charge in [0.05, 0.1) is 0 Å². The normalized spacial score (nSPS) is 12.7. The van der Waals surface area contributed by atoms with Crippen LogP contribution in [0.5, 0.6) is 0 Å². The molecular weight excluding hydrogens is 186 g/mol. The van der Waals surface area contributed by atoms with Crippen LogP contribution in [0, 0.1) is 10.8 Å². The van der Waals surface area contributed by atoms with E-state index in [0.29, 0.717) is 5.41 Å². The van der Waals surface area contributed by atoms with Crippen LogP contribution in [0.2, 0.25) is 0 Å². The van der Waals surface area contributed by atoms with Crippen molar-refractivity contribution in [1.82, 2.24) is 4.90 Å². The Morgan fingerprint density at radius 2 is 1.53 bits per heavy atom. The number of amides is 1. The first kappa shape index (κ1) is 14.5. The smallest absolute Gasteiger partial charge is 0.227 e. The Hall–Kier alpha value is -0.530. The Morgan fingerprint density at radius 3 is 1.80 bits per heavy atom. The number of carbonyl (C=O) groups excluding carboxylic acids is 1. The highest BCUT2D eigenvalue weighted by Gasteiger charge is 2.26. The molecule has 0 N–H and O–H groups in total. The van der Waals surface area contributed by atoms with Crippen LogP contribution in [0.1, 0.15) is 54.9 Å². The molecule has 0 saturated heterocycles. The largest absolute Gasteiger partial charge is 0.343 e. The van der Waals surface area contributed by atoms with Crippen LogP contribution in [0.3, 0.4) is 0 Å². The summed E-state index contributed by atoms with van der Waals surface area (Å²) in [6.45, 7) is 16.3. The molecule has 0 aliphatic carbocycles.